The van der Waals surface area contributed by atoms with Gasteiger partial charge in [0, 0.05) is 24.3 Å². The molecule has 0 amide bonds. The van der Waals surface area contributed by atoms with Gasteiger partial charge in [-0.15, -0.1) is 0 Å². The summed E-state index contributed by atoms with van der Waals surface area (Å²) in [7, 11) is 6.26. The highest BCUT2D eigenvalue weighted by Crippen LogP contribution is 2.36. The molecule has 16 heavy (non-hydrogen) atoms. The summed E-state index contributed by atoms with van der Waals surface area (Å²) in [6, 6.07) is 0.529. The molecule has 0 aliphatic carbocycles. The largest absolute Gasteiger partial charge is 0.319 e. The minimum Gasteiger partial charge on any atom is -0.319 e. The highest BCUT2D eigenvalue weighted by Gasteiger charge is 2.34. The second-order valence-electron chi connectivity index (χ2n) is 4.84. The quantitative estimate of drug-likeness (QED) is 0.826. The Morgan fingerprint density at radius 3 is 2.81 bits per heavy atom. The fourth-order valence-corrected chi connectivity index (χ4v) is 2.80. The number of likely N-dealkylation sites (tertiary alicyclic amines) is 1. The van der Waals surface area contributed by atoms with Crippen molar-refractivity contribution in [2.45, 2.75) is 19.4 Å². The smallest absolute Gasteiger partial charge is 0.0540 e. The van der Waals surface area contributed by atoms with Gasteiger partial charge in [0.2, 0.25) is 0 Å². The van der Waals surface area contributed by atoms with Crippen molar-refractivity contribution in [2.24, 2.45) is 13.0 Å². The lowest BCUT2D eigenvalue weighted by Crippen LogP contribution is -2.27. The third-order valence-electron chi connectivity index (χ3n) is 3.83. The second-order valence-corrected chi connectivity index (χ2v) is 4.84. The SMILES string of the molecule is CNCC1CCN(C)C1c1cnn(C)c1C. The molecule has 2 unspecified atom stereocenters. The molecule has 4 heteroatoms. The zero-order chi connectivity index (χ0) is 11.7. The maximum Gasteiger partial charge on any atom is 0.0540 e. The Labute approximate surface area is 97.6 Å². The monoisotopic (exact) mass is 222 g/mol. The van der Waals surface area contributed by atoms with Crippen LogP contribution < -0.4 is 5.32 Å². The number of rotatable bonds is 3. The summed E-state index contributed by atoms with van der Waals surface area (Å²) in [5.74, 6) is 0.706. The zero-order valence-electron chi connectivity index (χ0n) is 10.7. The molecular formula is C12H22N4. The van der Waals surface area contributed by atoms with Crippen molar-refractivity contribution in [1.82, 2.24) is 20.0 Å². The fourth-order valence-electron chi connectivity index (χ4n) is 2.80. The highest BCUT2D eigenvalue weighted by atomic mass is 15.3. The third-order valence-corrected chi connectivity index (χ3v) is 3.83. The summed E-state index contributed by atoms with van der Waals surface area (Å²) in [5, 5.41) is 7.66. The first kappa shape index (κ1) is 11.6. The van der Waals surface area contributed by atoms with Crippen molar-refractivity contribution in [2.75, 3.05) is 27.2 Å². The standard InChI is InChI=1S/C12H22N4/c1-9-11(8-14-16(9)4)12-10(7-13-2)5-6-15(12)3/h8,10,12-13H,5-7H2,1-4H3. The average Bonchev–Trinajstić information content (AvgIpc) is 2.75. The van der Waals surface area contributed by atoms with Crippen LogP contribution in [0.4, 0.5) is 0 Å². The molecule has 1 aliphatic heterocycles. The van der Waals surface area contributed by atoms with Crippen LogP contribution in [0.15, 0.2) is 6.20 Å². The van der Waals surface area contributed by atoms with E-state index in [4.69, 9.17) is 0 Å². The van der Waals surface area contributed by atoms with Crippen LogP contribution >= 0.6 is 0 Å². The fraction of sp³-hybridized carbons (Fsp3) is 0.750. The summed E-state index contributed by atoms with van der Waals surface area (Å²) >= 11 is 0. The van der Waals surface area contributed by atoms with E-state index in [0.717, 1.165) is 6.54 Å². The van der Waals surface area contributed by atoms with E-state index in [1.54, 1.807) is 0 Å². The van der Waals surface area contributed by atoms with Crippen molar-refractivity contribution < 1.29 is 0 Å². The van der Waals surface area contributed by atoms with Gasteiger partial charge in [-0.2, -0.15) is 5.10 Å². The van der Waals surface area contributed by atoms with Gasteiger partial charge in [-0.25, -0.2) is 0 Å². The van der Waals surface area contributed by atoms with E-state index in [9.17, 15) is 0 Å². The van der Waals surface area contributed by atoms with Gasteiger partial charge in [-0.05, 0) is 46.4 Å². The number of hydrogen-bond acceptors (Lipinski definition) is 3. The average molecular weight is 222 g/mol. The second kappa shape index (κ2) is 4.55. The van der Waals surface area contributed by atoms with Crippen LogP contribution in [0.3, 0.4) is 0 Å². The van der Waals surface area contributed by atoms with E-state index in [1.165, 1.54) is 24.2 Å². The molecule has 0 radical (unpaired) electrons. The van der Waals surface area contributed by atoms with Crippen LogP contribution in [0.1, 0.15) is 23.7 Å². The lowest BCUT2D eigenvalue weighted by atomic mass is 9.94. The minimum absolute atomic E-state index is 0.529. The number of nitrogens with zero attached hydrogens (tertiary/aromatic N) is 3. The first-order valence-electron chi connectivity index (χ1n) is 5.98. The number of aromatic nitrogens is 2. The van der Waals surface area contributed by atoms with Crippen LogP contribution in [0.5, 0.6) is 0 Å². The first-order valence-corrected chi connectivity index (χ1v) is 5.98. The van der Waals surface area contributed by atoms with Gasteiger partial charge >= 0.3 is 0 Å². The highest BCUT2D eigenvalue weighted by molar-refractivity contribution is 5.22. The molecule has 1 aromatic heterocycles. The van der Waals surface area contributed by atoms with Crippen LogP contribution in [0.2, 0.25) is 0 Å². The van der Waals surface area contributed by atoms with Gasteiger partial charge in [-0.3, -0.25) is 9.58 Å². The molecular weight excluding hydrogens is 200 g/mol. The van der Waals surface area contributed by atoms with Gasteiger partial charge in [0.1, 0.15) is 0 Å². The topological polar surface area (TPSA) is 33.1 Å². The maximum absolute atomic E-state index is 4.36. The molecule has 0 bridgehead atoms. The maximum atomic E-state index is 4.36. The Morgan fingerprint density at radius 2 is 2.25 bits per heavy atom. The summed E-state index contributed by atoms with van der Waals surface area (Å²) in [4.78, 5) is 2.45. The minimum atomic E-state index is 0.529. The Hall–Kier alpha value is -0.870. The van der Waals surface area contributed by atoms with E-state index in [1.807, 2.05) is 25.0 Å². The van der Waals surface area contributed by atoms with E-state index >= 15 is 0 Å². The lowest BCUT2D eigenvalue weighted by Gasteiger charge is -2.24. The van der Waals surface area contributed by atoms with E-state index in [-0.39, 0.29) is 0 Å². The molecule has 1 fully saturated rings. The molecule has 0 saturated carbocycles. The Kier molecular flexibility index (Phi) is 3.30. The summed E-state index contributed by atoms with van der Waals surface area (Å²) in [6.45, 7) is 4.43. The first-order chi connectivity index (χ1) is 7.65. The van der Waals surface area contributed by atoms with Crippen molar-refractivity contribution >= 4 is 0 Å². The molecule has 1 N–H and O–H groups in total. The van der Waals surface area contributed by atoms with Crippen molar-refractivity contribution in [3.8, 4) is 0 Å². The molecule has 1 aliphatic rings. The summed E-state index contributed by atoms with van der Waals surface area (Å²) < 4.78 is 1.97. The molecule has 1 saturated heterocycles. The number of hydrogen-bond donors (Lipinski definition) is 1. The molecule has 2 rings (SSSR count). The predicted octanol–water partition coefficient (Wildman–Crippen LogP) is 0.941. The van der Waals surface area contributed by atoms with Crippen LogP contribution in [0.25, 0.3) is 0 Å². The molecule has 2 atom stereocenters. The van der Waals surface area contributed by atoms with Gasteiger partial charge in [0.15, 0.2) is 0 Å². The number of aryl methyl sites for hydroxylation is 1. The van der Waals surface area contributed by atoms with Crippen LogP contribution in [0, 0.1) is 12.8 Å². The van der Waals surface area contributed by atoms with Gasteiger partial charge in [-0.1, -0.05) is 0 Å². The van der Waals surface area contributed by atoms with Gasteiger partial charge in [0.25, 0.3) is 0 Å². The number of nitrogens with one attached hydrogen (secondary N) is 1. The van der Waals surface area contributed by atoms with Gasteiger partial charge < -0.3 is 5.32 Å². The van der Waals surface area contributed by atoms with E-state index < -0.39 is 0 Å². The zero-order valence-corrected chi connectivity index (χ0v) is 10.7. The van der Waals surface area contributed by atoms with E-state index in [0.29, 0.717) is 12.0 Å². The van der Waals surface area contributed by atoms with Crippen LogP contribution in [-0.2, 0) is 7.05 Å². The molecule has 4 nitrogen and oxygen atoms in total. The molecule has 0 spiro atoms. The summed E-state index contributed by atoms with van der Waals surface area (Å²) in [5.41, 5.74) is 2.68. The van der Waals surface area contributed by atoms with Crippen molar-refractivity contribution in [3.05, 3.63) is 17.5 Å². The third kappa shape index (κ3) is 1.87. The molecule has 0 aromatic carbocycles. The Morgan fingerprint density at radius 1 is 1.50 bits per heavy atom. The lowest BCUT2D eigenvalue weighted by molar-refractivity contribution is 0.273. The summed E-state index contributed by atoms with van der Waals surface area (Å²) in [6.07, 6.45) is 3.31. The normalized spacial score (nSPS) is 26.5. The van der Waals surface area contributed by atoms with Crippen molar-refractivity contribution in [3.63, 3.8) is 0 Å². The molecule has 90 valence electrons. The van der Waals surface area contributed by atoms with Gasteiger partial charge in [0.05, 0.1) is 6.20 Å². The van der Waals surface area contributed by atoms with Crippen molar-refractivity contribution in [1.29, 1.82) is 0 Å². The Balaban J connectivity index is 2.26. The molecule has 1 aromatic rings. The van der Waals surface area contributed by atoms with E-state index in [2.05, 4.69) is 29.3 Å². The predicted molar refractivity (Wildman–Crippen MR) is 65.3 cm³/mol. The van der Waals surface area contributed by atoms with Crippen LogP contribution in [-0.4, -0.2) is 41.9 Å². The molecule has 2 heterocycles. The Bertz CT molecular complexity index is 356.